The quantitative estimate of drug-likeness (QED) is 0.564. The maximum absolute atomic E-state index is 14.5. The first-order valence-corrected chi connectivity index (χ1v) is 11.9. The predicted octanol–water partition coefficient (Wildman–Crippen LogP) is 3.78. The number of aliphatic hydroxyl groups excluding tert-OH is 1. The number of hydrogen-bond acceptors (Lipinski definition) is 5. The Morgan fingerprint density at radius 3 is 2.36 bits per heavy atom. The number of aromatic hydroxyl groups is 1. The average Bonchev–Trinajstić information content (AvgIpc) is 2.75. The minimum atomic E-state index is -4.40. The van der Waals surface area contributed by atoms with Crippen molar-refractivity contribution in [3.8, 4) is 16.9 Å². The fourth-order valence-electron chi connectivity index (χ4n) is 3.56. The first kappa shape index (κ1) is 23.2. The lowest BCUT2D eigenvalue weighted by Crippen LogP contribution is -2.53. The third-order valence-corrected chi connectivity index (χ3v) is 7.29. The first-order valence-electron chi connectivity index (χ1n) is 9.83. The lowest BCUT2D eigenvalue weighted by Gasteiger charge is -2.36. The maximum atomic E-state index is 14.5. The van der Waals surface area contributed by atoms with Crippen LogP contribution in [-0.2, 0) is 15.6 Å². The van der Waals surface area contributed by atoms with Crippen molar-refractivity contribution in [2.24, 2.45) is 0 Å². The summed E-state index contributed by atoms with van der Waals surface area (Å²) >= 11 is 5.97. The lowest BCUT2D eigenvalue weighted by atomic mass is 10.0. The number of sulfone groups is 1. The summed E-state index contributed by atoms with van der Waals surface area (Å²) < 4.78 is 55.1. The van der Waals surface area contributed by atoms with E-state index >= 15 is 0 Å². The zero-order valence-corrected chi connectivity index (χ0v) is 18.6. The van der Waals surface area contributed by atoms with E-state index in [0.29, 0.717) is 11.6 Å². The lowest BCUT2D eigenvalue weighted by molar-refractivity contribution is 0.00587. The highest BCUT2D eigenvalue weighted by atomic mass is 35.5. The van der Waals surface area contributed by atoms with Gasteiger partial charge in [-0.25, -0.2) is 17.2 Å². The van der Waals surface area contributed by atoms with Crippen molar-refractivity contribution < 1.29 is 32.2 Å². The van der Waals surface area contributed by atoms with Crippen LogP contribution in [0.2, 0.25) is 5.02 Å². The summed E-state index contributed by atoms with van der Waals surface area (Å²) in [7, 11) is -4.40. The van der Waals surface area contributed by atoms with Crippen LogP contribution < -0.4 is 0 Å². The monoisotopic (exact) mass is 493 g/mol. The number of amides is 1. The van der Waals surface area contributed by atoms with Gasteiger partial charge in [-0.1, -0.05) is 41.9 Å². The molecule has 2 N–H and O–H groups in total. The fraction of sp³-hybridized carbons (Fsp3) is 0.174. The summed E-state index contributed by atoms with van der Waals surface area (Å²) in [6.07, 6.45) is -0.662. The number of halogens is 3. The number of carbonyl (C=O) groups excluding carboxylic acids is 1. The Morgan fingerprint density at radius 1 is 1.06 bits per heavy atom. The molecular formula is C23H18ClF2NO5S. The van der Waals surface area contributed by atoms with Crippen LogP contribution in [0.1, 0.15) is 15.9 Å². The molecular weight excluding hydrogens is 476 g/mol. The van der Waals surface area contributed by atoms with Gasteiger partial charge >= 0.3 is 0 Å². The number of nitrogens with zero attached hydrogens (tertiary/aromatic N) is 1. The van der Waals surface area contributed by atoms with Gasteiger partial charge < -0.3 is 15.1 Å². The van der Waals surface area contributed by atoms with Crippen molar-refractivity contribution in [1.29, 1.82) is 0 Å². The molecule has 1 aliphatic heterocycles. The Kier molecular flexibility index (Phi) is 6.13. The molecule has 33 heavy (non-hydrogen) atoms. The van der Waals surface area contributed by atoms with Crippen molar-refractivity contribution in [2.75, 3.05) is 13.1 Å². The normalized spacial score (nSPS) is 14.2. The molecule has 0 unspecified atom stereocenters. The van der Waals surface area contributed by atoms with Gasteiger partial charge in [-0.15, -0.1) is 0 Å². The largest absolute Gasteiger partial charge is 0.505 e. The van der Waals surface area contributed by atoms with Crippen LogP contribution in [0.4, 0.5) is 8.78 Å². The van der Waals surface area contributed by atoms with Gasteiger partial charge in [-0.2, -0.15) is 0 Å². The first-order chi connectivity index (χ1) is 15.6. The highest BCUT2D eigenvalue weighted by Crippen LogP contribution is 2.36. The van der Waals surface area contributed by atoms with Crippen molar-refractivity contribution in [2.45, 2.75) is 16.8 Å². The minimum absolute atomic E-state index is 0.0183. The zero-order chi connectivity index (χ0) is 23.9. The van der Waals surface area contributed by atoms with Gasteiger partial charge in [0.15, 0.2) is 15.6 Å². The Labute approximate surface area is 193 Å². The van der Waals surface area contributed by atoms with E-state index in [0.717, 1.165) is 18.2 Å². The molecule has 1 saturated heterocycles. The van der Waals surface area contributed by atoms with Gasteiger partial charge in [0, 0.05) is 35.8 Å². The molecule has 0 atom stereocenters. The molecule has 0 aromatic heterocycles. The second-order valence-corrected chi connectivity index (χ2v) is 10.1. The van der Waals surface area contributed by atoms with E-state index in [-0.39, 0.29) is 34.8 Å². The van der Waals surface area contributed by atoms with Crippen LogP contribution in [-0.4, -0.2) is 48.6 Å². The van der Waals surface area contributed by atoms with Gasteiger partial charge in [-0.05, 0) is 23.8 Å². The number of hydrogen-bond donors (Lipinski definition) is 2. The smallest absolute Gasteiger partial charge is 0.254 e. The van der Waals surface area contributed by atoms with Gasteiger partial charge in [-0.3, -0.25) is 4.79 Å². The van der Waals surface area contributed by atoms with E-state index in [9.17, 15) is 32.2 Å². The number of aliphatic hydroxyl groups is 1. The average molecular weight is 494 g/mol. The second-order valence-electron chi connectivity index (χ2n) is 7.72. The number of benzene rings is 3. The van der Waals surface area contributed by atoms with Crippen molar-refractivity contribution in [1.82, 2.24) is 4.90 Å². The number of β-amino-alcohol motifs (C(OH)–C–C–N with tert-alkyl or cyclic N) is 1. The van der Waals surface area contributed by atoms with E-state index in [1.807, 2.05) is 0 Å². The molecule has 0 saturated carbocycles. The van der Waals surface area contributed by atoms with Crippen LogP contribution in [0.15, 0.2) is 59.5 Å². The van der Waals surface area contributed by atoms with E-state index in [1.54, 1.807) is 30.3 Å². The Bertz CT molecular complexity index is 1340. The second kappa shape index (κ2) is 8.74. The maximum Gasteiger partial charge on any atom is 0.254 e. The zero-order valence-electron chi connectivity index (χ0n) is 17.0. The number of phenols is 1. The number of phenolic OH excluding ortho intramolecular Hbond substituents is 1. The molecule has 1 heterocycles. The van der Waals surface area contributed by atoms with E-state index < -0.39 is 49.9 Å². The van der Waals surface area contributed by atoms with Crippen LogP contribution in [0.25, 0.3) is 11.1 Å². The predicted molar refractivity (Wildman–Crippen MR) is 118 cm³/mol. The van der Waals surface area contributed by atoms with Crippen LogP contribution >= 0.6 is 11.6 Å². The van der Waals surface area contributed by atoms with Gasteiger partial charge in [0.05, 0.1) is 16.9 Å². The molecule has 1 aliphatic rings. The van der Waals surface area contributed by atoms with Gasteiger partial charge in [0.1, 0.15) is 16.5 Å². The van der Waals surface area contributed by atoms with Crippen LogP contribution in [0, 0.1) is 11.6 Å². The summed E-state index contributed by atoms with van der Waals surface area (Å²) in [5.41, 5.74) is 0.0368. The summed E-state index contributed by atoms with van der Waals surface area (Å²) in [6.45, 7) is 0.172. The molecule has 3 aromatic rings. The molecule has 0 aliphatic carbocycles. The molecule has 3 aromatic carbocycles. The van der Waals surface area contributed by atoms with Crippen LogP contribution in [0.3, 0.4) is 0 Å². The Balaban J connectivity index is 1.72. The highest BCUT2D eigenvalue weighted by molar-refractivity contribution is 7.90. The molecule has 0 spiro atoms. The van der Waals surface area contributed by atoms with Crippen LogP contribution in [0.5, 0.6) is 5.75 Å². The third kappa shape index (κ3) is 4.57. The molecule has 0 bridgehead atoms. The third-order valence-electron chi connectivity index (χ3n) is 5.33. The minimum Gasteiger partial charge on any atom is -0.505 e. The van der Waals surface area contributed by atoms with Gasteiger partial charge in [0.25, 0.3) is 5.91 Å². The topological polar surface area (TPSA) is 94.9 Å². The fourth-order valence-corrected chi connectivity index (χ4v) is 5.34. The molecule has 1 amide bonds. The van der Waals surface area contributed by atoms with Crippen molar-refractivity contribution in [3.63, 3.8) is 0 Å². The SMILES string of the molecule is O=C(c1cc(Cl)c(O)c(S(=O)(=O)Cc2cc(-c3ccccc3)c(F)cc2F)c1)N1CC(O)C1. The molecule has 4 rings (SSSR count). The molecule has 0 radical (unpaired) electrons. The Hall–Kier alpha value is -3.01. The summed E-state index contributed by atoms with van der Waals surface area (Å²) in [6, 6.07) is 12.0. The van der Waals surface area contributed by atoms with Gasteiger partial charge in [0.2, 0.25) is 0 Å². The van der Waals surface area contributed by atoms with E-state index in [4.69, 9.17) is 11.6 Å². The summed E-state index contributed by atoms with van der Waals surface area (Å²) in [5, 5.41) is 19.3. The van der Waals surface area contributed by atoms with Crippen molar-refractivity contribution >= 4 is 27.3 Å². The molecule has 10 heteroatoms. The van der Waals surface area contributed by atoms with E-state index in [1.165, 1.54) is 4.90 Å². The Morgan fingerprint density at radius 2 is 1.73 bits per heavy atom. The number of rotatable bonds is 5. The summed E-state index contributed by atoms with van der Waals surface area (Å²) in [4.78, 5) is 13.2. The van der Waals surface area contributed by atoms with E-state index in [2.05, 4.69) is 0 Å². The standard InChI is InChI=1S/C23H18ClF2NO5S/c24-18-7-14(23(30)27-10-16(28)11-27)8-21(22(18)29)33(31,32)12-15-6-17(20(26)9-19(15)25)13-4-2-1-3-5-13/h1-9,16,28-29H,10-12H2. The summed E-state index contributed by atoms with van der Waals surface area (Å²) in [5.74, 6) is -4.16. The number of carbonyl (C=O) groups is 1. The molecule has 1 fully saturated rings. The molecule has 172 valence electrons. The highest BCUT2D eigenvalue weighted by Gasteiger charge is 2.32. The molecule has 6 nitrogen and oxygen atoms in total. The number of likely N-dealkylation sites (tertiary alicyclic amines) is 1. The van der Waals surface area contributed by atoms with Crippen molar-refractivity contribution in [3.05, 3.63) is 82.4 Å².